The smallest absolute Gasteiger partial charge is 0.288 e. The maximum Gasteiger partial charge on any atom is 0.288 e. The fraction of sp³-hybridized carbons (Fsp3) is 0.455. The molecular weight excluding hydrogens is 266 g/mol. The van der Waals surface area contributed by atoms with Crippen molar-refractivity contribution in [3.05, 3.63) is 27.9 Å². The van der Waals surface area contributed by atoms with Gasteiger partial charge in [-0.3, -0.25) is 10.1 Å². The molecule has 9 heteroatoms. The number of nitro groups is 1. The van der Waals surface area contributed by atoms with E-state index in [0.717, 1.165) is 12.6 Å². The second-order valence-electron chi connectivity index (χ2n) is 4.55. The quantitative estimate of drug-likeness (QED) is 0.234. The Labute approximate surface area is 114 Å². The Morgan fingerprint density at radius 1 is 1.65 bits per heavy atom. The summed E-state index contributed by atoms with van der Waals surface area (Å²) in [5.41, 5.74) is 5.49. The zero-order valence-electron chi connectivity index (χ0n) is 10.6. The average Bonchev–Trinajstić information content (AvgIpc) is 2.45. The molecule has 0 saturated carbocycles. The van der Waals surface area contributed by atoms with Gasteiger partial charge in [0.15, 0.2) is 5.84 Å². The van der Waals surface area contributed by atoms with E-state index >= 15 is 0 Å². The lowest BCUT2D eigenvalue weighted by molar-refractivity contribution is -0.385. The van der Waals surface area contributed by atoms with Gasteiger partial charge in [-0.05, 0) is 12.8 Å². The van der Waals surface area contributed by atoms with Gasteiger partial charge in [0.2, 0.25) is 0 Å². The van der Waals surface area contributed by atoms with Gasteiger partial charge in [0.05, 0.1) is 16.6 Å². The minimum atomic E-state index is -0.601. The number of oxime groups is 1. The van der Waals surface area contributed by atoms with Gasteiger partial charge in [-0.2, -0.15) is 0 Å². The number of hydrogen-bond acceptors (Lipinski definition) is 7. The van der Waals surface area contributed by atoms with Crippen molar-refractivity contribution in [2.45, 2.75) is 18.9 Å². The van der Waals surface area contributed by atoms with Crippen molar-refractivity contribution in [1.29, 1.82) is 0 Å². The van der Waals surface area contributed by atoms with Gasteiger partial charge in [-0.1, -0.05) is 5.16 Å². The molecule has 0 aromatic carbocycles. The largest absolute Gasteiger partial charge is 0.409 e. The minimum absolute atomic E-state index is 0.177. The average molecular weight is 281 g/mol. The van der Waals surface area contributed by atoms with Gasteiger partial charge in [-0.15, -0.1) is 0 Å². The van der Waals surface area contributed by atoms with Crippen LogP contribution in [-0.2, 0) is 0 Å². The van der Waals surface area contributed by atoms with Gasteiger partial charge >= 0.3 is 0 Å². The first-order valence-electron chi connectivity index (χ1n) is 6.08. The molecule has 4 N–H and O–H groups in total. The number of pyridine rings is 1. The molecule has 1 fully saturated rings. The van der Waals surface area contributed by atoms with Gasteiger partial charge in [0.25, 0.3) is 5.69 Å². The number of hydrogen-bond donors (Lipinski definition) is 3. The zero-order chi connectivity index (χ0) is 14.7. The summed E-state index contributed by atoms with van der Waals surface area (Å²) < 4.78 is 0. The van der Waals surface area contributed by atoms with Crippen LogP contribution in [0.25, 0.3) is 0 Å². The van der Waals surface area contributed by atoms with Crippen LogP contribution in [0.5, 0.6) is 0 Å². The van der Waals surface area contributed by atoms with Crippen LogP contribution >= 0.6 is 0 Å². The molecule has 1 aliphatic heterocycles. The van der Waals surface area contributed by atoms with Gasteiger partial charge in [-0.25, -0.2) is 4.98 Å². The fourth-order valence-electron chi connectivity index (χ4n) is 2.19. The highest BCUT2D eigenvalue weighted by Crippen LogP contribution is 2.25. The van der Waals surface area contributed by atoms with E-state index in [1.165, 1.54) is 6.07 Å². The Balaban J connectivity index is 2.43. The SMILES string of the molecule is NC(=NO)c1cc([N+](=O)[O-])cnc1N1CCCC(O)C1. The Morgan fingerprint density at radius 3 is 3.00 bits per heavy atom. The first-order valence-corrected chi connectivity index (χ1v) is 6.08. The van der Waals surface area contributed by atoms with E-state index in [1.807, 2.05) is 0 Å². The second-order valence-corrected chi connectivity index (χ2v) is 4.55. The first kappa shape index (κ1) is 14.0. The van der Waals surface area contributed by atoms with Crippen molar-refractivity contribution in [2.75, 3.05) is 18.0 Å². The standard InChI is InChI=1S/C11H15N5O4/c12-10(14-18)9-4-7(16(19)20)5-13-11(9)15-3-1-2-8(17)6-15/h4-5,8,17-18H,1-3,6H2,(H2,12,14). The summed E-state index contributed by atoms with van der Waals surface area (Å²) in [6.07, 6.45) is 2.10. The van der Waals surface area contributed by atoms with Gasteiger partial charge in [0, 0.05) is 19.2 Å². The molecule has 1 aromatic rings. The Hall–Kier alpha value is -2.42. The Bertz CT molecular complexity index is 548. The molecule has 108 valence electrons. The molecule has 1 atom stereocenters. The topological polar surface area (TPSA) is 138 Å². The number of amidine groups is 1. The number of aliphatic hydroxyl groups excluding tert-OH is 1. The number of nitrogens with two attached hydrogens (primary N) is 1. The maximum absolute atomic E-state index is 10.8. The molecule has 2 rings (SSSR count). The number of rotatable bonds is 3. The van der Waals surface area contributed by atoms with Crippen LogP contribution in [0.1, 0.15) is 18.4 Å². The normalized spacial score (nSPS) is 19.9. The van der Waals surface area contributed by atoms with Crippen LogP contribution in [0.15, 0.2) is 17.4 Å². The molecule has 0 aliphatic carbocycles. The Kier molecular flexibility index (Phi) is 3.99. The molecule has 1 aliphatic rings. The Morgan fingerprint density at radius 2 is 2.40 bits per heavy atom. The minimum Gasteiger partial charge on any atom is -0.409 e. The molecule has 0 bridgehead atoms. The summed E-state index contributed by atoms with van der Waals surface area (Å²) in [6, 6.07) is 1.21. The van der Waals surface area contributed by atoms with E-state index in [0.29, 0.717) is 25.3 Å². The molecule has 9 nitrogen and oxygen atoms in total. The number of aliphatic hydroxyl groups is 1. The van der Waals surface area contributed by atoms with E-state index in [9.17, 15) is 15.2 Å². The van der Waals surface area contributed by atoms with Crippen molar-refractivity contribution < 1.29 is 15.2 Å². The van der Waals surface area contributed by atoms with Crippen molar-refractivity contribution in [3.8, 4) is 0 Å². The predicted octanol–water partition coefficient (Wildman–Crippen LogP) is 0.0454. The summed E-state index contributed by atoms with van der Waals surface area (Å²) >= 11 is 0. The van der Waals surface area contributed by atoms with Crippen molar-refractivity contribution in [2.24, 2.45) is 10.9 Å². The van der Waals surface area contributed by atoms with Crippen LogP contribution in [-0.4, -0.2) is 45.3 Å². The fourth-order valence-corrected chi connectivity index (χ4v) is 2.19. The highest BCUT2D eigenvalue weighted by molar-refractivity contribution is 6.02. The van der Waals surface area contributed by atoms with Crippen molar-refractivity contribution in [1.82, 2.24) is 4.98 Å². The second kappa shape index (κ2) is 5.70. The molecule has 1 aromatic heterocycles. The van der Waals surface area contributed by atoms with Crippen LogP contribution in [0.2, 0.25) is 0 Å². The maximum atomic E-state index is 10.8. The highest BCUT2D eigenvalue weighted by atomic mass is 16.6. The number of aromatic nitrogens is 1. The third-order valence-electron chi connectivity index (χ3n) is 3.14. The van der Waals surface area contributed by atoms with Crippen LogP contribution in [0, 0.1) is 10.1 Å². The summed E-state index contributed by atoms with van der Waals surface area (Å²) in [6.45, 7) is 1.00. The van der Waals surface area contributed by atoms with Crippen molar-refractivity contribution >= 4 is 17.3 Å². The summed E-state index contributed by atoms with van der Waals surface area (Å²) in [5.74, 6) is 0.112. The number of anilines is 1. The molecule has 0 radical (unpaired) electrons. The summed E-state index contributed by atoms with van der Waals surface area (Å²) in [4.78, 5) is 16.0. The number of β-amino-alcohol motifs (C(OH)–C–C–N with tert-alkyl or cyclic N) is 1. The lowest BCUT2D eigenvalue weighted by Gasteiger charge is -2.31. The lowest BCUT2D eigenvalue weighted by Crippen LogP contribution is -2.40. The molecule has 2 heterocycles. The molecule has 0 amide bonds. The summed E-state index contributed by atoms with van der Waals surface area (Å²) in [7, 11) is 0. The van der Waals surface area contributed by atoms with Gasteiger partial charge in [0.1, 0.15) is 12.0 Å². The molecule has 1 saturated heterocycles. The third-order valence-corrected chi connectivity index (χ3v) is 3.14. The van der Waals surface area contributed by atoms with E-state index < -0.39 is 11.0 Å². The monoisotopic (exact) mass is 281 g/mol. The number of piperidine rings is 1. The van der Waals surface area contributed by atoms with E-state index in [1.54, 1.807) is 4.90 Å². The van der Waals surface area contributed by atoms with Gasteiger partial charge < -0.3 is 20.9 Å². The lowest BCUT2D eigenvalue weighted by atomic mass is 10.1. The van der Waals surface area contributed by atoms with Crippen molar-refractivity contribution in [3.63, 3.8) is 0 Å². The predicted molar refractivity (Wildman–Crippen MR) is 70.9 cm³/mol. The van der Waals surface area contributed by atoms with Crippen LogP contribution in [0.3, 0.4) is 0 Å². The third kappa shape index (κ3) is 2.77. The molecule has 0 spiro atoms. The van der Waals surface area contributed by atoms with E-state index in [2.05, 4.69) is 10.1 Å². The number of nitrogens with zero attached hydrogens (tertiary/aromatic N) is 4. The van der Waals surface area contributed by atoms with Crippen LogP contribution in [0.4, 0.5) is 11.5 Å². The first-order chi connectivity index (χ1) is 9.52. The molecule has 20 heavy (non-hydrogen) atoms. The molecular formula is C11H15N5O4. The van der Waals surface area contributed by atoms with Crippen LogP contribution < -0.4 is 10.6 Å². The van der Waals surface area contributed by atoms with E-state index in [-0.39, 0.29) is 17.1 Å². The highest BCUT2D eigenvalue weighted by Gasteiger charge is 2.24. The summed E-state index contributed by atoms with van der Waals surface area (Å²) in [5, 5.41) is 32.1. The molecule has 1 unspecified atom stereocenters. The zero-order valence-corrected chi connectivity index (χ0v) is 10.6. The van der Waals surface area contributed by atoms with E-state index in [4.69, 9.17) is 10.9 Å².